The van der Waals surface area contributed by atoms with E-state index < -0.39 is 29.9 Å². The summed E-state index contributed by atoms with van der Waals surface area (Å²) >= 11 is 18.0. The van der Waals surface area contributed by atoms with Gasteiger partial charge in [0.25, 0.3) is 5.91 Å². The highest BCUT2D eigenvalue weighted by Gasteiger charge is 2.50. The van der Waals surface area contributed by atoms with Crippen LogP contribution in [0.25, 0.3) is 0 Å². The van der Waals surface area contributed by atoms with Crippen LogP contribution >= 0.6 is 34.8 Å². The molecule has 2 aromatic carbocycles. The second kappa shape index (κ2) is 9.34. The summed E-state index contributed by atoms with van der Waals surface area (Å²) in [6, 6.07) is 10.8. The minimum absolute atomic E-state index is 0.238. The molecule has 1 aliphatic heterocycles. The maximum Gasteiger partial charge on any atom is 0.325 e. The van der Waals surface area contributed by atoms with E-state index in [0.29, 0.717) is 21.4 Å². The third-order valence-electron chi connectivity index (χ3n) is 4.97. The SMILES string of the molecule is CN(CCOc1ccc(Cl)cc1)C(=O)CN1C(=O)NC(C)(c2ccc(Cl)cc2Cl)C1=O. The molecule has 2 aromatic rings. The van der Waals surface area contributed by atoms with Crippen LogP contribution in [-0.4, -0.2) is 54.4 Å². The molecule has 164 valence electrons. The van der Waals surface area contributed by atoms with Crippen LogP contribution in [0.5, 0.6) is 5.75 Å². The van der Waals surface area contributed by atoms with E-state index >= 15 is 0 Å². The van der Waals surface area contributed by atoms with E-state index in [1.165, 1.54) is 17.9 Å². The molecule has 0 bridgehead atoms. The van der Waals surface area contributed by atoms with Gasteiger partial charge in [-0.3, -0.25) is 14.5 Å². The Bertz CT molecular complexity index is 1020. The molecule has 0 aliphatic carbocycles. The average Bonchev–Trinajstić information content (AvgIpc) is 2.92. The maximum absolute atomic E-state index is 13.0. The standard InChI is InChI=1S/C21H20Cl3N3O4/c1-21(16-8-5-14(23)11-17(16)24)19(29)27(20(30)25-21)12-18(28)26(2)9-10-31-15-6-3-13(22)4-7-15/h3-8,11H,9-10,12H2,1-2H3,(H,25,30). The van der Waals surface area contributed by atoms with Gasteiger partial charge in [-0.2, -0.15) is 0 Å². The molecule has 10 heteroatoms. The Morgan fingerprint density at radius 1 is 1.10 bits per heavy atom. The number of rotatable bonds is 7. The number of hydrogen-bond acceptors (Lipinski definition) is 4. The number of nitrogens with one attached hydrogen (secondary N) is 1. The molecule has 4 amide bonds. The van der Waals surface area contributed by atoms with Crippen molar-refractivity contribution in [3.8, 4) is 5.75 Å². The summed E-state index contributed by atoms with van der Waals surface area (Å²) in [5.74, 6) is -0.356. The zero-order chi connectivity index (χ0) is 22.8. The fourth-order valence-electron chi connectivity index (χ4n) is 3.13. The molecular formula is C21H20Cl3N3O4. The van der Waals surface area contributed by atoms with Gasteiger partial charge in [0.05, 0.1) is 6.54 Å². The largest absolute Gasteiger partial charge is 0.492 e. The highest BCUT2D eigenvalue weighted by atomic mass is 35.5. The molecule has 1 N–H and O–H groups in total. The van der Waals surface area contributed by atoms with Gasteiger partial charge in [-0.1, -0.05) is 40.9 Å². The van der Waals surface area contributed by atoms with Gasteiger partial charge in [-0.05, 0) is 43.3 Å². The lowest BCUT2D eigenvalue weighted by molar-refractivity contribution is -0.138. The number of carbonyl (C=O) groups excluding carboxylic acids is 3. The molecule has 0 spiro atoms. The highest BCUT2D eigenvalue weighted by Crippen LogP contribution is 2.34. The second-order valence-electron chi connectivity index (χ2n) is 7.19. The van der Waals surface area contributed by atoms with Gasteiger partial charge in [0.1, 0.15) is 24.4 Å². The molecule has 1 fully saturated rings. The zero-order valence-electron chi connectivity index (χ0n) is 16.8. The zero-order valence-corrected chi connectivity index (χ0v) is 19.1. The molecule has 0 radical (unpaired) electrons. The first-order valence-corrected chi connectivity index (χ1v) is 10.5. The number of carbonyl (C=O) groups is 3. The summed E-state index contributed by atoms with van der Waals surface area (Å²) in [5, 5.41) is 3.87. The van der Waals surface area contributed by atoms with Crippen LogP contribution in [-0.2, 0) is 15.1 Å². The first-order valence-electron chi connectivity index (χ1n) is 9.34. The van der Waals surface area contributed by atoms with Crippen molar-refractivity contribution in [3.05, 3.63) is 63.1 Å². The Kier molecular flexibility index (Phi) is 6.99. The molecule has 31 heavy (non-hydrogen) atoms. The molecule has 1 aliphatic rings. The number of urea groups is 1. The highest BCUT2D eigenvalue weighted by molar-refractivity contribution is 6.35. The monoisotopic (exact) mass is 483 g/mol. The van der Waals surface area contributed by atoms with Gasteiger partial charge in [-0.15, -0.1) is 0 Å². The number of hydrogen-bond donors (Lipinski definition) is 1. The van der Waals surface area contributed by atoms with Gasteiger partial charge in [0, 0.05) is 27.7 Å². The number of ether oxygens (including phenoxy) is 1. The molecule has 0 saturated carbocycles. The van der Waals surface area contributed by atoms with Gasteiger partial charge in [-0.25, -0.2) is 4.79 Å². The predicted molar refractivity (Wildman–Crippen MR) is 119 cm³/mol. The van der Waals surface area contributed by atoms with Crippen molar-refractivity contribution in [1.82, 2.24) is 15.1 Å². The number of halogens is 3. The molecule has 7 nitrogen and oxygen atoms in total. The van der Waals surface area contributed by atoms with Gasteiger partial charge >= 0.3 is 6.03 Å². The van der Waals surface area contributed by atoms with E-state index in [1.54, 1.807) is 43.4 Å². The summed E-state index contributed by atoms with van der Waals surface area (Å²) in [5.41, 5.74) is -0.994. The lowest BCUT2D eigenvalue weighted by Gasteiger charge is -2.24. The molecule has 1 heterocycles. The minimum atomic E-state index is -1.39. The Balaban J connectivity index is 1.60. The third-order valence-corrected chi connectivity index (χ3v) is 5.77. The van der Waals surface area contributed by atoms with Crippen molar-refractivity contribution < 1.29 is 19.1 Å². The van der Waals surface area contributed by atoms with Crippen molar-refractivity contribution >= 4 is 52.6 Å². The van der Waals surface area contributed by atoms with Crippen molar-refractivity contribution in [2.45, 2.75) is 12.5 Å². The van der Waals surface area contributed by atoms with E-state index in [-0.39, 0.29) is 18.2 Å². The van der Waals surface area contributed by atoms with Crippen molar-refractivity contribution in [2.75, 3.05) is 26.7 Å². The summed E-state index contributed by atoms with van der Waals surface area (Å²) in [7, 11) is 1.57. The van der Waals surface area contributed by atoms with Crippen LogP contribution in [0.15, 0.2) is 42.5 Å². The van der Waals surface area contributed by atoms with E-state index in [2.05, 4.69) is 5.32 Å². The first-order chi connectivity index (χ1) is 14.6. The molecule has 1 saturated heterocycles. The van der Waals surface area contributed by atoms with Crippen molar-refractivity contribution in [1.29, 1.82) is 0 Å². The fraction of sp³-hybridized carbons (Fsp3) is 0.286. The number of likely N-dealkylation sites (N-methyl/N-ethyl adjacent to an activating group) is 1. The molecule has 0 aromatic heterocycles. The lowest BCUT2D eigenvalue weighted by atomic mass is 9.92. The minimum Gasteiger partial charge on any atom is -0.492 e. The van der Waals surface area contributed by atoms with Crippen LogP contribution in [0, 0.1) is 0 Å². The lowest BCUT2D eigenvalue weighted by Crippen LogP contribution is -2.44. The number of nitrogens with zero attached hydrogens (tertiary/aromatic N) is 2. The molecular weight excluding hydrogens is 465 g/mol. The number of imide groups is 1. The van der Waals surface area contributed by atoms with Crippen LogP contribution in [0.1, 0.15) is 12.5 Å². The third kappa shape index (κ3) is 5.06. The Hall–Kier alpha value is -2.48. The van der Waals surface area contributed by atoms with Gasteiger partial charge in [0.2, 0.25) is 5.91 Å². The summed E-state index contributed by atoms with van der Waals surface area (Å²) < 4.78 is 5.57. The normalized spacial score (nSPS) is 18.2. The molecule has 1 atom stereocenters. The van der Waals surface area contributed by atoms with Crippen molar-refractivity contribution in [2.24, 2.45) is 0 Å². The Morgan fingerprint density at radius 3 is 2.39 bits per heavy atom. The number of amides is 4. The average molecular weight is 485 g/mol. The van der Waals surface area contributed by atoms with Crippen LogP contribution in [0.2, 0.25) is 15.1 Å². The van der Waals surface area contributed by atoms with E-state index in [0.717, 1.165) is 4.90 Å². The van der Waals surface area contributed by atoms with Crippen molar-refractivity contribution in [3.63, 3.8) is 0 Å². The topological polar surface area (TPSA) is 79.0 Å². The molecule has 1 unspecified atom stereocenters. The quantitative estimate of drug-likeness (QED) is 0.604. The van der Waals surface area contributed by atoms with Gasteiger partial charge < -0.3 is 15.0 Å². The molecule has 3 rings (SSSR count). The second-order valence-corrected chi connectivity index (χ2v) is 8.47. The van der Waals surface area contributed by atoms with E-state index in [9.17, 15) is 14.4 Å². The first kappa shape index (κ1) is 23.2. The number of benzene rings is 2. The maximum atomic E-state index is 13.0. The van der Waals surface area contributed by atoms with Crippen LogP contribution in [0.3, 0.4) is 0 Å². The summed E-state index contributed by atoms with van der Waals surface area (Å²) in [4.78, 5) is 40.3. The fourth-order valence-corrected chi connectivity index (χ4v) is 3.85. The van der Waals surface area contributed by atoms with Crippen LogP contribution < -0.4 is 10.1 Å². The Morgan fingerprint density at radius 2 is 1.74 bits per heavy atom. The Labute approximate surface area is 194 Å². The summed E-state index contributed by atoms with van der Waals surface area (Å²) in [6.45, 7) is 1.65. The van der Waals surface area contributed by atoms with E-state index in [1.807, 2.05) is 0 Å². The van der Waals surface area contributed by atoms with E-state index in [4.69, 9.17) is 39.5 Å². The van der Waals surface area contributed by atoms with Gasteiger partial charge in [0.15, 0.2) is 0 Å². The smallest absolute Gasteiger partial charge is 0.325 e. The predicted octanol–water partition coefficient (Wildman–Crippen LogP) is 3.95. The van der Waals surface area contributed by atoms with Crippen LogP contribution in [0.4, 0.5) is 4.79 Å². The summed E-state index contributed by atoms with van der Waals surface area (Å²) in [6.07, 6.45) is 0.